The molecule has 126 valence electrons. The van der Waals surface area contributed by atoms with Crippen LogP contribution in [0.25, 0.3) is 10.7 Å². The van der Waals surface area contributed by atoms with Crippen molar-refractivity contribution in [2.75, 3.05) is 5.32 Å². The van der Waals surface area contributed by atoms with E-state index in [2.05, 4.69) is 15.4 Å². The van der Waals surface area contributed by atoms with Gasteiger partial charge in [0.05, 0.1) is 10.5 Å². The Hall–Kier alpha value is -3.00. The number of hydrogen-bond donors (Lipinski definition) is 2. The molecule has 3 heterocycles. The number of carbonyl (C=O) groups is 1. The van der Waals surface area contributed by atoms with Crippen LogP contribution in [0.5, 0.6) is 0 Å². The van der Waals surface area contributed by atoms with Crippen LogP contribution in [0.2, 0.25) is 0 Å². The minimum atomic E-state index is -0.767. The summed E-state index contributed by atoms with van der Waals surface area (Å²) in [5, 5.41) is 9.47. The Labute approximate surface area is 146 Å². The smallest absolute Gasteiger partial charge is 0.248 e. The van der Waals surface area contributed by atoms with Crippen molar-refractivity contribution in [2.24, 2.45) is 5.73 Å². The predicted octanol–water partition coefficient (Wildman–Crippen LogP) is 2.92. The standard InChI is InChI=1S/C17H14FN5OS/c1-9-13(15(19)24)14(10-5-2-3-6-11(10)18)23-17(20-9)21-16(22-23)12-7-4-8-25-12/h2-8,14H,1H3,(H2,19,24)(H,20,21,22)/t14-/m1/s1. The van der Waals surface area contributed by atoms with Crippen LogP contribution < -0.4 is 11.1 Å². The number of nitrogens with two attached hydrogens (primary N) is 1. The number of nitrogens with zero attached hydrogens (tertiary/aromatic N) is 3. The van der Waals surface area contributed by atoms with Gasteiger partial charge in [0.2, 0.25) is 11.9 Å². The normalized spacial score (nSPS) is 16.5. The van der Waals surface area contributed by atoms with Gasteiger partial charge in [-0.05, 0) is 24.4 Å². The number of halogens is 1. The van der Waals surface area contributed by atoms with E-state index in [0.29, 0.717) is 23.0 Å². The Balaban J connectivity index is 1.93. The van der Waals surface area contributed by atoms with Crippen LogP contribution in [-0.4, -0.2) is 20.7 Å². The van der Waals surface area contributed by atoms with Crippen molar-refractivity contribution in [1.82, 2.24) is 14.8 Å². The molecule has 0 unspecified atom stereocenters. The van der Waals surface area contributed by atoms with Gasteiger partial charge in [-0.3, -0.25) is 4.79 Å². The molecule has 4 rings (SSSR count). The zero-order valence-electron chi connectivity index (χ0n) is 13.2. The number of carbonyl (C=O) groups excluding carboxylic acids is 1. The van der Waals surface area contributed by atoms with Crippen molar-refractivity contribution in [1.29, 1.82) is 0 Å². The second kappa shape index (κ2) is 5.82. The van der Waals surface area contributed by atoms with Gasteiger partial charge in [0.1, 0.15) is 11.9 Å². The highest BCUT2D eigenvalue weighted by atomic mass is 32.1. The fraction of sp³-hybridized carbons (Fsp3) is 0.118. The Morgan fingerprint density at radius 1 is 1.32 bits per heavy atom. The molecular weight excluding hydrogens is 341 g/mol. The molecule has 25 heavy (non-hydrogen) atoms. The number of anilines is 1. The molecule has 0 saturated carbocycles. The number of hydrogen-bond acceptors (Lipinski definition) is 5. The summed E-state index contributed by atoms with van der Waals surface area (Å²) in [6, 6.07) is 9.32. The molecule has 1 aromatic carbocycles. The van der Waals surface area contributed by atoms with E-state index in [0.717, 1.165) is 4.88 Å². The molecule has 0 saturated heterocycles. The number of rotatable bonds is 3. The number of aromatic nitrogens is 3. The molecule has 8 heteroatoms. The van der Waals surface area contributed by atoms with Crippen molar-refractivity contribution in [3.8, 4) is 10.7 Å². The van der Waals surface area contributed by atoms with Crippen LogP contribution in [0.1, 0.15) is 18.5 Å². The third-order valence-corrected chi connectivity index (χ3v) is 4.93. The summed E-state index contributed by atoms with van der Waals surface area (Å²) in [4.78, 5) is 17.4. The van der Waals surface area contributed by atoms with Crippen molar-refractivity contribution < 1.29 is 9.18 Å². The molecule has 0 bridgehead atoms. The van der Waals surface area contributed by atoms with Gasteiger partial charge in [-0.25, -0.2) is 9.07 Å². The van der Waals surface area contributed by atoms with Crippen molar-refractivity contribution >= 4 is 23.2 Å². The SMILES string of the molecule is CC1=C(C(N)=O)[C@@H](c2ccccc2F)n2nc(-c3cccs3)nc2N1. The van der Waals surface area contributed by atoms with Gasteiger partial charge in [-0.15, -0.1) is 16.4 Å². The van der Waals surface area contributed by atoms with Gasteiger partial charge >= 0.3 is 0 Å². The summed E-state index contributed by atoms with van der Waals surface area (Å²) in [7, 11) is 0. The van der Waals surface area contributed by atoms with Crippen LogP contribution in [0, 0.1) is 5.82 Å². The zero-order chi connectivity index (χ0) is 17.6. The molecule has 1 atom stereocenters. The topological polar surface area (TPSA) is 85.8 Å². The summed E-state index contributed by atoms with van der Waals surface area (Å²) in [5.41, 5.74) is 6.70. The number of nitrogens with one attached hydrogen (secondary N) is 1. The maximum atomic E-state index is 14.5. The molecule has 3 N–H and O–H groups in total. The average molecular weight is 355 g/mol. The molecule has 6 nitrogen and oxygen atoms in total. The molecule has 0 radical (unpaired) electrons. The molecule has 1 aliphatic rings. The van der Waals surface area contributed by atoms with Gasteiger partial charge < -0.3 is 11.1 Å². The molecule has 1 aliphatic heterocycles. The quantitative estimate of drug-likeness (QED) is 0.756. The minimum Gasteiger partial charge on any atom is -0.366 e. The molecular formula is C17H14FN5OS. The molecule has 0 fully saturated rings. The Bertz CT molecular complexity index is 992. The van der Waals surface area contributed by atoms with E-state index in [4.69, 9.17) is 5.73 Å². The highest BCUT2D eigenvalue weighted by molar-refractivity contribution is 7.13. The first-order valence-electron chi connectivity index (χ1n) is 7.58. The summed E-state index contributed by atoms with van der Waals surface area (Å²) in [5.74, 6) is -0.103. The number of amides is 1. The van der Waals surface area contributed by atoms with Crippen LogP contribution in [0.15, 0.2) is 53.0 Å². The van der Waals surface area contributed by atoms with Crippen LogP contribution in [-0.2, 0) is 4.79 Å². The third-order valence-electron chi connectivity index (χ3n) is 4.06. The lowest BCUT2D eigenvalue weighted by molar-refractivity contribution is -0.115. The van der Waals surface area contributed by atoms with E-state index in [9.17, 15) is 9.18 Å². The predicted molar refractivity (Wildman–Crippen MR) is 93.4 cm³/mol. The van der Waals surface area contributed by atoms with Gasteiger partial charge in [0.25, 0.3) is 0 Å². The first kappa shape index (κ1) is 15.5. The van der Waals surface area contributed by atoms with Gasteiger partial charge in [0, 0.05) is 11.3 Å². The maximum Gasteiger partial charge on any atom is 0.248 e. The molecule has 0 aliphatic carbocycles. The average Bonchev–Trinajstić information content (AvgIpc) is 3.22. The minimum absolute atomic E-state index is 0.264. The summed E-state index contributed by atoms with van der Waals surface area (Å²) >= 11 is 1.50. The molecule has 3 aromatic rings. The largest absolute Gasteiger partial charge is 0.366 e. The fourth-order valence-corrected chi connectivity index (χ4v) is 3.62. The zero-order valence-corrected chi connectivity index (χ0v) is 14.0. The van der Waals surface area contributed by atoms with E-state index in [1.807, 2.05) is 17.5 Å². The summed E-state index contributed by atoms with van der Waals surface area (Å²) in [6.45, 7) is 1.72. The van der Waals surface area contributed by atoms with E-state index < -0.39 is 17.8 Å². The second-order valence-corrected chi connectivity index (χ2v) is 6.58. The number of primary amides is 1. The van der Waals surface area contributed by atoms with E-state index in [1.54, 1.807) is 25.1 Å². The summed E-state index contributed by atoms with van der Waals surface area (Å²) < 4.78 is 16.0. The van der Waals surface area contributed by atoms with Gasteiger partial charge in [0.15, 0.2) is 5.82 Å². The van der Waals surface area contributed by atoms with E-state index >= 15 is 0 Å². The van der Waals surface area contributed by atoms with E-state index in [-0.39, 0.29) is 5.57 Å². The van der Waals surface area contributed by atoms with Crippen LogP contribution in [0.4, 0.5) is 10.3 Å². The van der Waals surface area contributed by atoms with Crippen molar-refractivity contribution in [2.45, 2.75) is 13.0 Å². The van der Waals surface area contributed by atoms with E-state index in [1.165, 1.54) is 22.1 Å². The first-order valence-corrected chi connectivity index (χ1v) is 8.46. The molecule has 0 spiro atoms. The van der Waals surface area contributed by atoms with Crippen molar-refractivity contribution in [3.05, 3.63) is 64.4 Å². The lowest BCUT2D eigenvalue weighted by atomic mass is 9.95. The number of fused-ring (bicyclic) bond motifs is 1. The Morgan fingerprint density at radius 2 is 2.12 bits per heavy atom. The lowest BCUT2D eigenvalue weighted by Gasteiger charge is -2.27. The van der Waals surface area contributed by atoms with Gasteiger partial charge in [-0.2, -0.15) is 4.98 Å². The van der Waals surface area contributed by atoms with Crippen molar-refractivity contribution in [3.63, 3.8) is 0 Å². The Kier molecular flexibility index (Phi) is 3.61. The highest BCUT2D eigenvalue weighted by Gasteiger charge is 2.34. The second-order valence-electron chi connectivity index (χ2n) is 5.63. The Morgan fingerprint density at radius 3 is 2.80 bits per heavy atom. The summed E-state index contributed by atoms with van der Waals surface area (Å²) in [6.07, 6.45) is 0. The maximum absolute atomic E-state index is 14.5. The number of thiophene rings is 1. The molecule has 1 amide bonds. The highest BCUT2D eigenvalue weighted by Crippen LogP contribution is 2.37. The van der Waals surface area contributed by atoms with Gasteiger partial charge in [-0.1, -0.05) is 24.3 Å². The number of allylic oxidation sites excluding steroid dienone is 1. The van der Waals surface area contributed by atoms with Crippen LogP contribution >= 0.6 is 11.3 Å². The molecule has 2 aromatic heterocycles. The third kappa shape index (κ3) is 2.51. The van der Waals surface area contributed by atoms with Crippen LogP contribution in [0.3, 0.4) is 0 Å². The first-order chi connectivity index (χ1) is 12.1. The fourth-order valence-electron chi connectivity index (χ4n) is 2.96. The monoisotopic (exact) mass is 355 g/mol. The lowest BCUT2D eigenvalue weighted by Crippen LogP contribution is -2.32. The number of benzene rings is 1.